The average Bonchev–Trinajstić information content (AvgIpc) is 3.56. The highest BCUT2D eigenvalue weighted by Crippen LogP contribution is 2.31. The normalized spacial score (nSPS) is 19.4. The molecule has 1 aliphatic heterocycles. The highest BCUT2D eigenvalue weighted by atomic mass is 16.7. The minimum absolute atomic E-state index is 0.00407. The van der Waals surface area contributed by atoms with Gasteiger partial charge in [-0.05, 0) is 74.7 Å². The first-order chi connectivity index (χ1) is 23.5. The molecule has 4 atom stereocenters. The van der Waals surface area contributed by atoms with Crippen molar-refractivity contribution in [1.29, 1.82) is 0 Å². The number of ether oxygens (including phenoxy) is 5. The van der Waals surface area contributed by atoms with Gasteiger partial charge in [-0.3, -0.25) is 14.4 Å². The van der Waals surface area contributed by atoms with Crippen LogP contribution in [0.1, 0.15) is 71.9 Å². The van der Waals surface area contributed by atoms with E-state index in [1.807, 2.05) is 0 Å². The third-order valence-electron chi connectivity index (χ3n) is 7.55. The Hall–Kier alpha value is -4.56. The highest BCUT2D eigenvalue weighted by molar-refractivity contribution is 5.95. The van der Waals surface area contributed by atoms with E-state index in [-0.39, 0.29) is 58.3 Å². The number of aliphatic hydroxyl groups excluding tert-OH is 2. The molecule has 2 aromatic carbocycles. The molecule has 1 fully saturated rings. The Labute approximate surface area is 285 Å². The number of hydrogen-bond donors (Lipinski definition) is 4. The molecule has 1 heterocycles. The van der Waals surface area contributed by atoms with E-state index in [1.165, 1.54) is 6.26 Å². The first-order valence-electron chi connectivity index (χ1n) is 16.1. The molecule has 0 bridgehead atoms. The summed E-state index contributed by atoms with van der Waals surface area (Å²) in [6, 6.07) is 12.8. The molecule has 4 unspecified atom stereocenters. The standard InChI is InChI=1S/C36H44N2O11/c1-36(2,3)49-31(41)11-10-28(21-40)38-34(43)25-8-5-7-24(17-25)20-37-33(42)27-18-29-32(47-22-46-29)30(19-27)48-35(44)26-9-4-6-23(16-26)12-14-45-15-13-39/h4-9,12,14,16-18,28-30,32,39-40H,10-11,13,15,19-22H2,1-3H3,(H,37,42)(H,38,43). The van der Waals surface area contributed by atoms with Crippen LogP contribution in [0.3, 0.4) is 0 Å². The van der Waals surface area contributed by atoms with E-state index in [9.17, 15) is 24.3 Å². The summed E-state index contributed by atoms with van der Waals surface area (Å²) in [6.45, 7) is 5.10. The van der Waals surface area contributed by atoms with Crippen molar-refractivity contribution in [2.24, 2.45) is 0 Å². The number of carbonyl (C=O) groups is 4. The summed E-state index contributed by atoms with van der Waals surface area (Å²) in [7, 11) is 0. The van der Waals surface area contributed by atoms with Crippen LogP contribution in [-0.2, 0) is 39.8 Å². The number of benzene rings is 2. The third-order valence-corrected chi connectivity index (χ3v) is 7.55. The smallest absolute Gasteiger partial charge is 0.338 e. The summed E-state index contributed by atoms with van der Waals surface area (Å²) in [4.78, 5) is 51.4. The van der Waals surface area contributed by atoms with Crippen molar-refractivity contribution in [2.75, 3.05) is 26.6 Å². The molecule has 2 aliphatic rings. The van der Waals surface area contributed by atoms with Crippen molar-refractivity contribution in [3.63, 3.8) is 0 Å². The molecule has 1 aliphatic carbocycles. The Bertz CT molecular complexity index is 1530. The molecule has 2 aromatic rings. The maximum atomic E-state index is 13.3. The lowest BCUT2D eigenvalue weighted by molar-refractivity contribution is -0.155. The molecule has 4 rings (SSSR count). The van der Waals surface area contributed by atoms with Crippen molar-refractivity contribution in [3.8, 4) is 0 Å². The minimum Gasteiger partial charge on any atom is -0.499 e. The SMILES string of the molecule is CC(C)(C)OC(=O)CCC(CO)NC(=O)c1cccc(CNC(=O)C2=CC3OCOC3C(OC(=O)c3cccc(C=COCCO)c3)C2)c1. The van der Waals surface area contributed by atoms with E-state index in [2.05, 4.69) is 10.6 Å². The summed E-state index contributed by atoms with van der Waals surface area (Å²) >= 11 is 0. The molecule has 0 saturated carbocycles. The van der Waals surface area contributed by atoms with E-state index in [4.69, 9.17) is 28.8 Å². The maximum Gasteiger partial charge on any atom is 0.338 e. The number of rotatable bonds is 15. The summed E-state index contributed by atoms with van der Waals surface area (Å²) in [5, 5.41) is 24.2. The molecule has 49 heavy (non-hydrogen) atoms. The van der Waals surface area contributed by atoms with Gasteiger partial charge in [0.2, 0.25) is 5.91 Å². The van der Waals surface area contributed by atoms with E-state index in [1.54, 1.807) is 81.5 Å². The van der Waals surface area contributed by atoms with Gasteiger partial charge in [-0.2, -0.15) is 0 Å². The topological polar surface area (TPSA) is 179 Å². The summed E-state index contributed by atoms with van der Waals surface area (Å²) in [5.41, 5.74) is 1.72. The Morgan fingerprint density at radius 2 is 1.80 bits per heavy atom. The number of hydrogen-bond acceptors (Lipinski definition) is 11. The first-order valence-corrected chi connectivity index (χ1v) is 16.1. The Morgan fingerprint density at radius 1 is 1.02 bits per heavy atom. The van der Waals surface area contributed by atoms with Crippen LogP contribution in [0.25, 0.3) is 6.08 Å². The van der Waals surface area contributed by atoms with E-state index in [0.29, 0.717) is 27.8 Å². The quantitative estimate of drug-likeness (QED) is 0.124. The van der Waals surface area contributed by atoms with Gasteiger partial charge in [0, 0.05) is 30.5 Å². The summed E-state index contributed by atoms with van der Waals surface area (Å²) in [6.07, 6.45) is 3.18. The largest absolute Gasteiger partial charge is 0.499 e. The van der Waals surface area contributed by atoms with Gasteiger partial charge in [0.05, 0.1) is 31.1 Å². The van der Waals surface area contributed by atoms with Crippen LogP contribution >= 0.6 is 0 Å². The van der Waals surface area contributed by atoms with Gasteiger partial charge >= 0.3 is 11.9 Å². The van der Waals surface area contributed by atoms with Gasteiger partial charge in [0.15, 0.2) is 0 Å². The first kappa shape index (κ1) is 37.3. The van der Waals surface area contributed by atoms with Crippen molar-refractivity contribution in [1.82, 2.24) is 10.6 Å². The van der Waals surface area contributed by atoms with Crippen molar-refractivity contribution < 1.29 is 53.1 Å². The lowest BCUT2D eigenvalue weighted by Gasteiger charge is -2.30. The molecular weight excluding hydrogens is 636 g/mol. The molecule has 264 valence electrons. The lowest BCUT2D eigenvalue weighted by atomic mass is 9.91. The van der Waals surface area contributed by atoms with Crippen LogP contribution in [0.15, 0.2) is 66.4 Å². The van der Waals surface area contributed by atoms with E-state index < -0.39 is 47.8 Å². The zero-order valence-electron chi connectivity index (χ0n) is 27.9. The maximum absolute atomic E-state index is 13.3. The molecule has 0 aromatic heterocycles. The fourth-order valence-electron chi connectivity index (χ4n) is 5.23. The van der Waals surface area contributed by atoms with Crippen LogP contribution in [0.4, 0.5) is 0 Å². The number of amides is 2. The van der Waals surface area contributed by atoms with Crippen LogP contribution in [0, 0.1) is 0 Å². The number of aliphatic hydroxyl groups is 2. The van der Waals surface area contributed by atoms with Crippen LogP contribution in [0.5, 0.6) is 0 Å². The number of esters is 2. The van der Waals surface area contributed by atoms with Crippen molar-refractivity contribution in [2.45, 2.75) is 76.5 Å². The molecule has 0 radical (unpaired) electrons. The monoisotopic (exact) mass is 680 g/mol. The molecule has 0 spiro atoms. The van der Waals surface area contributed by atoms with Crippen LogP contribution in [0.2, 0.25) is 0 Å². The molecule has 13 nitrogen and oxygen atoms in total. The van der Waals surface area contributed by atoms with Gasteiger partial charge in [0.25, 0.3) is 5.91 Å². The van der Waals surface area contributed by atoms with E-state index >= 15 is 0 Å². The molecule has 13 heteroatoms. The van der Waals surface area contributed by atoms with Gasteiger partial charge in [-0.25, -0.2) is 4.79 Å². The Kier molecular flexibility index (Phi) is 13.5. The van der Waals surface area contributed by atoms with Gasteiger partial charge in [-0.1, -0.05) is 24.3 Å². The van der Waals surface area contributed by atoms with E-state index in [0.717, 1.165) is 0 Å². The molecule has 1 saturated heterocycles. The van der Waals surface area contributed by atoms with Gasteiger partial charge in [-0.15, -0.1) is 0 Å². The summed E-state index contributed by atoms with van der Waals surface area (Å²) in [5.74, 6) is -1.83. The molecule has 4 N–H and O–H groups in total. The van der Waals surface area contributed by atoms with Gasteiger partial charge < -0.3 is 44.5 Å². The zero-order chi connectivity index (χ0) is 35.4. The third kappa shape index (κ3) is 11.5. The zero-order valence-corrected chi connectivity index (χ0v) is 27.9. The van der Waals surface area contributed by atoms with Crippen molar-refractivity contribution >= 4 is 29.8 Å². The second-order valence-electron chi connectivity index (χ2n) is 12.6. The van der Waals surface area contributed by atoms with Crippen molar-refractivity contribution in [3.05, 3.63) is 88.7 Å². The summed E-state index contributed by atoms with van der Waals surface area (Å²) < 4.78 is 27.6. The Morgan fingerprint density at radius 3 is 2.55 bits per heavy atom. The minimum atomic E-state index is -0.778. The highest BCUT2D eigenvalue weighted by Gasteiger charge is 2.42. The van der Waals surface area contributed by atoms with Crippen LogP contribution in [-0.4, -0.2) is 90.5 Å². The predicted molar refractivity (Wildman–Crippen MR) is 177 cm³/mol. The second-order valence-corrected chi connectivity index (χ2v) is 12.6. The number of carbonyl (C=O) groups excluding carboxylic acids is 4. The van der Waals surface area contributed by atoms with Crippen LogP contribution < -0.4 is 10.6 Å². The van der Waals surface area contributed by atoms with Gasteiger partial charge in [0.1, 0.15) is 37.3 Å². The fraction of sp³-hybridized carbons (Fsp3) is 0.444. The second kappa shape index (κ2) is 17.7. The number of nitrogens with one attached hydrogen (secondary N) is 2. The fourth-order valence-corrected chi connectivity index (χ4v) is 5.23. The molecule has 2 amide bonds. The lowest BCUT2D eigenvalue weighted by Crippen LogP contribution is -2.43. The number of fused-ring (bicyclic) bond motifs is 1. The average molecular weight is 681 g/mol. The molecular formula is C36H44N2O11. The Balaban J connectivity index is 1.33. The predicted octanol–water partition coefficient (Wildman–Crippen LogP) is 2.79.